The first-order valence-electron chi connectivity index (χ1n) is 5.91. The summed E-state index contributed by atoms with van der Waals surface area (Å²) in [6.07, 6.45) is 0. The van der Waals surface area contributed by atoms with E-state index in [1.165, 1.54) is 19.2 Å². The minimum absolute atomic E-state index is 0.129. The molecule has 0 aliphatic heterocycles. The number of nitrogens with two attached hydrogens (primary N) is 1. The highest BCUT2D eigenvalue weighted by atomic mass is 32.2. The molecule has 1 heterocycles. The molecule has 0 atom stereocenters. The van der Waals surface area contributed by atoms with Crippen LogP contribution in [0.5, 0.6) is 5.75 Å². The molecule has 2 aromatic rings. The van der Waals surface area contributed by atoms with Crippen molar-refractivity contribution in [2.24, 2.45) is 0 Å². The van der Waals surface area contributed by atoms with Crippen molar-refractivity contribution in [3.63, 3.8) is 0 Å². The molecule has 5 nitrogen and oxygen atoms in total. The Bertz CT molecular complexity index is 708. The second-order valence-corrected chi connectivity index (χ2v) is 7.38. The normalized spacial score (nSPS) is 11.5. The largest absolute Gasteiger partial charge is 0.495 e. The van der Waals surface area contributed by atoms with Gasteiger partial charge in [-0.3, -0.25) is 0 Å². The molecule has 1 aromatic heterocycles. The molecule has 0 spiro atoms. The van der Waals surface area contributed by atoms with Crippen LogP contribution in [0.25, 0.3) is 0 Å². The summed E-state index contributed by atoms with van der Waals surface area (Å²) in [6.45, 7) is 2.25. The van der Waals surface area contributed by atoms with Gasteiger partial charge in [0.15, 0.2) is 0 Å². The van der Waals surface area contributed by atoms with Crippen LogP contribution in [0, 0.1) is 6.92 Å². The van der Waals surface area contributed by atoms with E-state index in [1.807, 2.05) is 19.1 Å². The van der Waals surface area contributed by atoms with Gasteiger partial charge in [0.1, 0.15) is 5.75 Å². The van der Waals surface area contributed by atoms with E-state index in [0.29, 0.717) is 11.4 Å². The first-order chi connectivity index (χ1) is 9.42. The minimum atomic E-state index is -3.58. The molecule has 0 aliphatic carbocycles. The highest BCUT2D eigenvalue weighted by Crippen LogP contribution is 2.24. The van der Waals surface area contributed by atoms with Gasteiger partial charge in [0.05, 0.1) is 17.7 Å². The van der Waals surface area contributed by atoms with Crippen molar-refractivity contribution in [3.05, 3.63) is 40.1 Å². The molecule has 1 aromatic carbocycles. The Kier molecular flexibility index (Phi) is 4.32. The molecule has 0 amide bonds. The van der Waals surface area contributed by atoms with E-state index in [2.05, 4.69) is 4.72 Å². The van der Waals surface area contributed by atoms with E-state index in [4.69, 9.17) is 10.5 Å². The Morgan fingerprint density at radius 1 is 1.30 bits per heavy atom. The third kappa shape index (κ3) is 3.30. The summed E-state index contributed by atoms with van der Waals surface area (Å²) in [5.74, 6) is 0.456. The molecule has 0 radical (unpaired) electrons. The second kappa shape index (κ2) is 5.82. The molecule has 7 heteroatoms. The fourth-order valence-electron chi connectivity index (χ4n) is 1.71. The molecule has 0 unspecified atom stereocenters. The Balaban J connectivity index is 2.15. The van der Waals surface area contributed by atoms with Crippen LogP contribution in [0.15, 0.2) is 35.2 Å². The van der Waals surface area contributed by atoms with Gasteiger partial charge in [-0.15, -0.1) is 11.3 Å². The Morgan fingerprint density at radius 2 is 2.05 bits per heavy atom. The van der Waals surface area contributed by atoms with E-state index in [-0.39, 0.29) is 11.4 Å². The Hall–Kier alpha value is -1.57. The monoisotopic (exact) mass is 312 g/mol. The van der Waals surface area contributed by atoms with E-state index in [0.717, 1.165) is 9.75 Å². The average molecular weight is 312 g/mol. The lowest BCUT2D eigenvalue weighted by molar-refractivity contribution is 0.416. The third-order valence-corrected chi connectivity index (χ3v) is 5.14. The van der Waals surface area contributed by atoms with Crippen LogP contribution in [0.3, 0.4) is 0 Å². The summed E-state index contributed by atoms with van der Waals surface area (Å²) in [4.78, 5) is 2.24. The van der Waals surface area contributed by atoms with Gasteiger partial charge in [0, 0.05) is 16.3 Å². The van der Waals surface area contributed by atoms with E-state index in [1.54, 1.807) is 17.4 Å². The molecule has 108 valence electrons. The summed E-state index contributed by atoms with van der Waals surface area (Å²) < 4.78 is 31.9. The smallest absolute Gasteiger partial charge is 0.240 e. The van der Waals surface area contributed by atoms with Crippen LogP contribution in [0.2, 0.25) is 0 Å². The van der Waals surface area contributed by atoms with Crippen molar-refractivity contribution in [1.29, 1.82) is 0 Å². The molecule has 2 rings (SSSR count). The number of hydrogen-bond acceptors (Lipinski definition) is 5. The Morgan fingerprint density at radius 3 is 2.60 bits per heavy atom. The van der Waals surface area contributed by atoms with Crippen LogP contribution in [0.4, 0.5) is 5.69 Å². The molecule has 20 heavy (non-hydrogen) atoms. The number of rotatable bonds is 5. The van der Waals surface area contributed by atoms with Crippen LogP contribution in [-0.4, -0.2) is 15.5 Å². The van der Waals surface area contributed by atoms with Gasteiger partial charge >= 0.3 is 0 Å². The zero-order valence-electron chi connectivity index (χ0n) is 11.2. The van der Waals surface area contributed by atoms with Crippen LogP contribution >= 0.6 is 11.3 Å². The molecule has 0 saturated carbocycles. The summed E-state index contributed by atoms with van der Waals surface area (Å²) in [5.41, 5.74) is 6.02. The zero-order valence-corrected chi connectivity index (χ0v) is 12.8. The summed E-state index contributed by atoms with van der Waals surface area (Å²) in [7, 11) is -2.09. The van der Waals surface area contributed by atoms with Gasteiger partial charge in [-0.1, -0.05) is 0 Å². The van der Waals surface area contributed by atoms with Crippen molar-refractivity contribution in [2.45, 2.75) is 18.4 Å². The first-order valence-corrected chi connectivity index (χ1v) is 8.21. The number of hydrogen-bond donors (Lipinski definition) is 2. The SMILES string of the molecule is COc1ccc(S(=O)(=O)NCc2ccc(C)s2)cc1N. The van der Waals surface area contributed by atoms with E-state index in [9.17, 15) is 8.42 Å². The lowest BCUT2D eigenvalue weighted by atomic mass is 10.3. The summed E-state index contributed by atoms with van der Waals surface area (Å²) >= 11 is 1.56. The van der Waals surface area contributed by atoms with Crippen molar-refractivity contribution in [2.75, 3.05) is 12.8 Å². The van der Waals surface area contributed by atoms with Gasteiger partial charge in [-0.05, 0) is 37.3 Å². The zero-order chi connectivity index (χ0) is 14.8. The fourth-order valence-corrected chi connectivity index (χ4v) is 3.67. The van der Waals surface area contributed by atoms with Gasteiger partial charge in [0.2, 0.25) is 10.0 Å². The van der Waals surface area contributed by atoms with E-state index >= 15 is 0 Å². The first kappa shape index (κ1) is 14.8. The van der Waals surface area contributed by atoms with E-state index < -0.39 is 10.0 Å². The van der Waals surface area contributed by atoms with Gasteiger partial charge in [-0.2, -0.15) is 0 Å². The predicted octanol–water partition coefficient (Wildman–Crippen LogP) is 2.13. The Labute approximate surface area is 122 Å². The predicted molar refractivity (Wildman–Crippen MR) is 80.5 cm³/mol. The molecule has 0 saturated heterocycles. The number of ether oxygens (including phenoxy) is 1. The maximum absolute atomic E-state index is 12.2. The van der Waals surface area contributed by atoms with Gasteiger partial charge in [0.25, 0.3) is 0 Å². The van der Waals surface area contributed by atoms with Crippen LogP contribution in [-0.2, 0) is 16.6 Å². The number of nitrogen functional groups attached to an aromatic ring is 1. The van der Waals surface area contributed by atoms with Crippen molar-refractivity contribution >= 4 is 27.0 Å². The second-order valence-electron chi connectivity index (χ2n) is 4.24. The van der Waals surface area contributed by atoms with Gasteiger partial charge < -0.3 is 10.5 Å². The topological polar surface area (TPSA) is 81.4 Å². The number of benzene rings is 1. The lowest BCUT2D eigenvalue weighted by Crippen LogP contribution is -2.22. The molecule has 3 N–H and O–H groups in total. The molecular weight excluding hydrogens is 296 g/mol. The molecule has 0 aliphatic rings. The molecule has 0 bridgehead atoms. The quantitative estimate of drug-likeness (QED) is 0.829. The average Bonchev–Trinajstić information content (AvgIpc) is 2.82. The minimum Gasteiger partial charge on any atom is -0.495 e. The maximum atomic E-state index is 12.2. The fraction of sp³-hybridized carbons (Fsp3) is 0.231. The summed E-state index contributed by atoms with van der Waals surface area (Å²) in [6, 6.07) is 8.27. The number of aryl methyl sites for hydroxylation is 1. The van der Waals surface area contributed by atoms with Crippen LogP contribution in [0.1, 0.15) is 9.75 Å². The third-order valence-electron chi connectivity index (χ3n) is 2.74. The number of sulfonamides is 1. The number of anilines is 1. The molecule has 0 fully saturated rings. The van der Waals surface area contributed by atoms with Crippen LogP contribution < -0.4 is 15.2 Å². The molecular formula is C13H16N2O3S2. The lowest BCUT2D eigenvalue weighted by Gasteiger charge is -2.09. The van der Waals surface area contributed by atoms with Crippen molar-refractivity contribution < 1.29 is 13.2 Å². The maximum Gasteiger partial charge on any atom is 0.240 e. The number of methoxy groups -OCH3 is 1. The van der Waals surface area contributed by atoms with Crippen molar-refractivity contribution in [1.82, 2.24) is 4.72 Å². The van der Waals surface area contributed by atoms with Crippen molar-refractivity contribution in [3.8, 4) is 5.75 Å². The number of nitrogens with one attached hydrogen (secondary N) is 1. The summed E-state index contributed by atoms with van der Waals surface area (Å²) in [5, 5.41) is 0. The van der Waals surface area contributed by atoms with Gasteiger partial charge in [-0.25, -0.2) is 13.1 Å². The number of thiophene rings is 1. The standard InChI is InChI=1S/C13H16N2O3S2/c1-9-3-4-10(19-9)8-15-20(16,17)11-5-6-13(18-2)12(14)7-11/h3-7,15H,8,14H2,1-2H3. The highest BCUT2D eigenvalue weighted by molar-refractivity contribution is 7.89. The highest BCUT2D eigenvalue weighted by Gasteiger charge is 2.15.